The zero-order valence-corrected chi connectivity index (χ0v) is 11.9. The van der Waals surface area contributed by atoms with Gasteiger partial charge in [-0.25, -0.2) is 0 Å². The molecule has 1 N–H and O–H groups in total. The van der Waals surface area contributed by atoms with Crippen molar-refractivity contribution >= 4 is 5.71 Å². The van der Waals surface area contributed by atoms with E-state index in [1.165, 1.54) is 0 Å². The molecule has 0 bridgehead atoms. The molecule has 21 heavy (non-hydrogen) atoms. The van der Waals surface area contributed by atoms with Crippen LogP contribution in [-0.4, -0.2) is 34.8 Å². The molecule has 1 fully saturated rings. The normalized spacial score (nSPS) is 26.0. The van der Waals surface area contributed by atoms with Crippen molar-refractivity contribution < 1.29 is 31.4 Å². The Hall–Kier alpha value is -0.790. The van der Waals surface area contributed by atoms with Gasteiger partial charge in [-0.2, -0.15) is 26.3 Å². The van der Waals surface area contributed by atoms with E-state index in [2.05, 4.69) is 4.99 Å². The average Bonchev–Trinajstić information content (AvgIpc) is 2.29. The zero-order valence-electron chi connectivity index (χ0n) is 11.9. The summed E-state index contributed by atoms with van der Waals surface area (Å²) in [5.41, 5.74) is -5.07. The fraction of sp³-hybridized carbons (Fsp3) is 0.923. The van der Waals surface area contributed by atoms with Gasteiger partial charge in [0, 0.05) is 12.1 Å². The molecular formula is C13H19F6NO. The van der Waals surface area contributed by atoms with E-state index in [1.807, 2.05) is 6.92 Å². The van der Waals surface area contributed by atoms with Crippen LogP contribution in [0.25, 0.3) is 0 Å². The van der Waals surface area contributed by atoms with Crippen LogP contribution in [0.1, 0.15) is 46.0 Å². The Morgan fingerprint density at radius 3 is 1.95 bits per heavy atom. The van der Waals surface area contributed by atoms with Crippen molar-refractivity contribution in [3.05, 3.63) is 0 Å². The minimum Gasteiger partial charge on any atom is -0.373 e. The summed E-state index contributed by atoms with van der Waals surface area (Å²) in [6.45, 7) is 2.98. The maximum atomic E-state index is 12.6. The molecule has 1 aliphatic rings. The van der Waals surface area contributed by atoms with Gasteiger partial charge in [0.15, 0.2) is 0 Å². The molecule has 124 valence electrons. The molecule has 1 rings (SSSR count). The second kappa shape index (κ2) is 6.14. The van der Waals surface area contributed by atoms with Crippen molar-refractivity contribution in [1.82, 2.24) is 0 Å². The summed E-state index contributed by atoms with van der Waals surface area (Å²) in [5.74, 6) is 0.124. The third-order valence-electron chi connectivity index (χ3n) is 3.90. The summed E-state index contributed by atoms with van der Waals surface area (Å²) in [5, 5.41) is 9.12. The maximum Gasteiger partial charge on any atom is 0.426 e. The largest absolute Gasteiger partial charge is 0.426 e. The Bertz CT molecular complexity index is 373. The summed E-state index contributed by atoms with van der Waals surface area (Å²) in [6.07, 6.45) is -9.82. The first kappa shape index (κ1) is 18.3. The van der Waals surface area contributed by atoms with Crippen LogP contribution in [0.4, 0.5) is 26.3 Å². The number of hydrogen-bond donors (Lipinski definition) is 1. The van der Waals surface area contributed by atoms with E-state index in [4.69, 9.17) is 5.11 Å². The Labute approximate surface area is 119 Å². The highest BCUT2D eigenvalue weighted by atomic mass is 19.4. The molecule has 0 aromatic heterocycles. The van der Waals surface area contributed by atoms with E-state index in [9.17, 15) is 26.3 Å². The van der Waals surface area contributed by atoms with Crippen molar-refractivity contribution in [3.63, 3.8) is 0 Å². The Morgan fingerprint density at radius 1 is 1.05 bits per heavy atom. The van der Waals surface area contributed by atoms with Crippen LogP contribution in [0.3, 0.4) is 0 Å². The standard InChI is InChI=1S/C13H19F6NO/c1-8-5-3-4-6-10(8)20-9(2)7-11(21,12(14,15)16)13(17,18)19/h8,10,21H,3-7H2,1-2H3/t8-,10-/m1/s1. The van der Waals surface area contributed by atoms with E-state index in [0.717, 1.165) is 26.2 Å². The van der Waals surface area contributed by atoms with Crippen molar-refractivity contribution in [2.24, 2.45) is 10.9 Å². The number of rotatable bonds is 3. The lowest BCUT2D eigenvalue weighted by Crippen LogP contribution is -2.57. The van der Waals surface area contributed by atoms with E-state index >= 15 is 0 Å². The van der Waals surface area contributed by atoms with E-state index in [-0.39, 0.29) is 17.7 Å². The Morgan fingerprint density at radius 2 is 1.52 bits per heavy atom. The highest BCUT2D eigenvalue weighted by molar-refractivity contribution is 5.83. The van der Waals surface area contributed by atoms with Gasteiger partial charge in [-0.15, -0.1) is 0 Å². The molecule has 0 amide bonds. The summed E-state index contributed by atoms with van der Waals surface area (Å²) >= 11 is 0. The first-order valence-electron chi connectivity index (χ1n) is 6.77. The van der Waals surface area contributed by atoms with Crippen LogP contribution in [0.2, 0.25) is 0 Å². The van der Waals surface area contributed by atoms with Gasteiger partial charge in [-0.3, -0.25) is 4.99 Å². The van der Waals surface area contributed by atoms with Crippen LogP contribution in [0.15, 0.2) is 4.99 Å². The molecule has 1 aliphatic carbocycles. The minimum atomic E-state index is -5.79. The molecule has 0 unspecified atom stereocenters. The molecule has 0 aromatic carbocycles. The molecule has 1 saturated carbocycles. The third kappa shape index (κ3) is 4.11. The zero-order chi connectivity index (χ0) is 16.5. The number of nitrogens with zero attached hydrogens (tertiary/aromatic N) is 1. The van der Waals surface area contributed by atoms with Gasteiger partial charge in [0.2, 0.25) is 0 Å². The highest BCUT2D eigenvalue weighted by Crippen LogP contribution is 2.45. The molecule has 0 aromatic rings. The van der Waals surface area contributed by atoms with E-state index < -0.39 is 24.4 Å². The van der Waals surface area contributed by atoms with Crippen molar-refractivity contribution in [2.75, 3.05) is 0 Å². The van der Waals surface area contributed by atoms with Crippen molar-refractivity contribution in [3.8, 4) is 0 Å². The topological polar surface area (TPSA) is 32.6 Å². The first-order chi connectivity index (χ1) is 9.38. The lowest BCUT2D eigenvalue weighted by atomic mass is 9.86. The van der Waals surface area contributed by atoms with Crippen LogP contribution in [0.5, 0.6) is 0 Å². The predicted octanol–water partition coefficient (Wildman–Crippen LogP) is 4.27. The van der Waals surface area contributed by atoms with Crippen LogP contribution in [0, 0.1) is 5.92 Å². The molecule has 2 nitrogen and oxygen atoms in total. The molecule has 0 aliphatic heterocycles. The van der Waals surface area contributed by atoms with Crippen LogP contribution < -0.4 is 0 Å². The highest BCUT2D eigenvalue weighted by Gasteiger charge is 2.70. The average molecular weight is 319 g/mol. The quantitative estimate of drug-likeness (QED) is 0.611. The third-order valence-corrected chi connectivity index (χ3v) is 3.90. The maximum absolute atomic E-state index is 12.6. The summed E-state index contributed by atoms with van der Waals surface area (Å²) in [7, 11) is 0. The number of aliphatic hydroxyl groups is 1. The fourth-order valence-electron chi connectivity index (χ4n) is 2.55. The SMILES string of the molecule is CC(CC(O)(C(F)(F)F)C(F)(F)F)=N[C@@H]1CCCC[C@H]1C. The van der Waals surface area contributed by atoms with Crippen molar-refractivity contribution in [1.29, 1.82) is 0 Å². The van der Waals surface area contributed by atoms with Gasteiger partial charge in [-0.05, 0) is 25.7 Å². The molecular weight excluding hydrogens is 300 g/mol. The summed E-state index contributed by atoms with van der Waals surface area (Å²) in [6, 6.07) is -0.274. The van der Waals surface area contributed by atoms with E-state index in [1.54, 1.807) is 0 Å². The molecule has 0 spiro atoms. The number of alkyl halides is 6. The van der Waals surface area contributed by atoms with Gasteiger partial charge in [0.1, 0.15) is 0 Å². The van der Waals surface area contributed by atoms with Crippen LogP contribution >= 0.6 is 0 Å². The van der Waals surface area contributed by atoms with Gasteiger partial charge >= 0.3 is 12.4 Å². The van der Waals surface area contributed by atoms with E-state index in [0.29, 0.717) is 6.42 Å². The number of aliphatic imine (C=N–C) groups is 1. The molecule has 8 heteroatoms. The molecule has 0 saturated heterocycles. The minimum absolute atomic E-state index is 0.124. The first-order valence-corrected chi connectivity index (χ1v) is 6.77. The summed E-state index contributed by atoms with van der Waals surface area (Å²) in [4.78, 5) is 3.99. The number of hydrogen-bond acceptors (Lipinski definition) is 2. The predicted molar refractivity (Wildman–Crippen MR) is 66.2 cm³/mol. The van der Waals surface area contributed by atoms with Gasteiger partial charge < -0.3 is 5.11 Å². The smallest absolute Gasteiger partial charge is 0.373 e. The van der Waals surface area contributed by atoms with Gasteiger partial charge in [-0.1, -0.05) is 19.8 Å². The molecule has 2 atom stereocenters. The fourth-order valence-corrected chi connectivity index (χ4v) is 2.55. The summed E-state index contributed by atoms with van der Waals surface area (Å²) < 4.78 is 75.5. The molecule has 0 heterocycles. The number of halogens is 6. The van der Waals surface area contributed by atoms with Gasteiger partial charge in [0.25, 0.3) is 5.60 Å². The molecule has 0 radical (unpaired) electrons. The Balaban J connectivity index is 2.94. The monoisotopic (exact) mass is 319 g/mol. The van der Waals surface area contributed by atoms with Crippen molar-refractivity contribution in [2.45, 2.75) is 69.9 Å². The Kier molecular flexibility index (Phi) is 5.34. The van der Waals surface area contributed by atoms with Crippen LogP contribution in [-0.2, 0) is 0 Å². The van der Waals surface area contributed by atoms with Gasteiger partial charge in [0.05, 0.1) is 6.04 Å². The second-order valence-corrected chi connectivity index (χ2v) is 5.73. The lowest BCUT2D eigenvalue weighted by molar-refractivity contribution is -0.365. The lowest BCUT2D eigenvalue weighted by Gasteiger charge is -2.33. The second-order valence-electron chi connectivity index (χ2n) is 5.73.